The molecule has 0 aliphatic heterocycles. The van der Waals surface area contributed by atoms with Gasteiger partial charge in [-0.15, -0.1) is 0 Å². The monoisotopic (exact) mass is 292 g/mol. The number of hydrogen-bond donors (Lipinski definition) is 0. The van der Waals surface area contributed by atoms with Gasteiger partial charge in [0, 0.05) is 6.07 Å². The van der Waals surface area contributed by atoms with Gasteiger partial charge < -0.3 is 18.7 Å². The molecule has 7 nitrogen and oxygen atoms in total. The summed E-state index contributed by atoms with van der Waals surface area (Å²) in [4.78, 5) is 16.2. The topological polar surface area (TPSA) is 83.7 Å². The number of ether oxygens (including phenoxy) is 3. The number of nitrogens with zero attached hydrogens (tertiary/aromatic N) is 2. The SMILES string of the molecule is COc1ccc(C(=O)OC(C)c2nc(C)no2)c(OC)c1. The Kier molecular flexibility index (Phi) is 4.42. The van der Waals surface area contributed by atoms with Gasteiger partial charge in [-0.1, -0.05) is 5.16 Å². The highest BCUT2D eigenvalue weighted by Gasteiger charge is 2.21. The van der Waals surface area contributed by atoms with Crippen molar-refractivity contribution in [1.82, 2.24) is 10.1 Å². The van der Waals surface area contributed by atoms with Crippen LogP contribution in [0.5, 0.6) is 11.5 Å². The van der Waals surface area contributed by atoms with E-state index in [4.69, 9.17) is 18.7 Å². The largest absolute Gasteiger partial charge is 0.497 e. The third-order valence-electron chi connectivity index (χ3n) is 2.80. The van der Waals surface area contributed by atoms with Gasteiger partial charge in [-0.05, 0) is 26.0 Å². The fraction of sp³-hybridized carbons (Fsp3) is 0.357. The molecule has 0 saturated carbocycles. The molecule has 2 aromatic rings. The standard InChI is InChI=1S/C14H16N2O5/c1-8(13-15-9(2)16-21-13)20-14(17)11-6-5-10(18-3)7-12(11)19-4/h5-8H,1-4H3. The van der Waals surface area contributed by atoms with E-state index in [1.807, 2.05) is 0 Å². The molecule has 21 heavy (non-hydrogen) atoms. The molecule has 0 fully saturated rings. The van der Waals surface area contributed by atoms with E-state index < -0.39 is 12.1 Å². The summed E-state index contributed by atoms with van der Waals surface area (Å²) >= 11 is 0. The van der Waals surface area contributed by atoms with Crippen molar-refractivity contribution in [2.75, 3.05) is 14.2 Å². The summed E-state index contributed by atoms with van der Waals surface area (Å²) in [5.41, 5.74) is 0.293. The van der Waals surface area contributed by atoms with Crippen molar-refractivity contribution in [1.29, 1.82) is 0 Å². The minimum Gasteiger partial charge on any atom is -0.497 e. The van der Waals surface area contributed by atoms with Gasteiger partial charge in [0.15, 0.2) is 11.9 Å². The maximum atomic E-state index is 12.2. The molecule has 1 unspecified atom stereocenters. The smallest absolute Gasteiger partial charge is 0.342 e. The van der Waals surface area contributed by atoms with Crippen molar-refractivity contribution in [3.63, 3.8) is 0 Å². The molecule has 1 atom stereocenters. The summed E-state index contributed by atoms with van der Waals surface area (Å²) < 4.78 is 20.5. The van der Waals surface area contributed by atoms with E-state index in [9.17, 15) is 4.79 Å². The second-order valence-corrected chi connectivity index (χ2v) is 4.29. The molecule has 7 heteroatoms. The first-order chi connectivity index (χ1) is 10.0. The normalized spacial score (nSPS) is 11.8. The van der Waals surface area contributed by atoms with Crippen LogP contribution in [0.1, 0.15) is 35.1 Å². The Labute approximate surface area is 121 Å². The average molecular weight is 292 g/mol. The molecular formula is C14H16N2O5. The van der Waals surface area contributed by atoms with Crippen LogP contribution in [0.4, 0.5) is 0 Å². The van der Waals surface area contributed by atoms with E-state index in [0.717, 1.165) is 0 Å². The molecule has 0 spiro atoms. The van der Waals surface area contributed by atoms with Gasteiger partial charge in [0.05, 0.1) is 14.2 Å². The first-order valence-corrected chi connectivity index (χ1v) is 6.28. The minimum absolute atomic E-state index is 0.244. The Hall–Kier alpha value is -2.57. The van der Waals surface area contributed by atoms with Crippen LogP contribution in [-0.2, 0) is 4.74 Å². The van der Waals surface area contributed by atoms with Gasteiger partial charge >= 0.3 is 5.97 Å². The van der Waals surface area contributed by atoms with Crippen molar-refractivity contribution >= 4 is 5.97 Å². The lowest BCUT2D eigenvalue weighted by atomic mass is 10.2. The lowest BCUT2D eigenvalue weighted by Gasteiger charge is -2.12. The molecule has 0 bridgehead atoms. The highest BCUT2D eigenvalue weighted by atomic mass is 16.6. The van der Waals surface area contributed by atoms with Crippen molar-refractivity contribution in [3.8, 4) is 11.5 Å². The van der Waals surface area contributed by atoms with E-state index in [1.54, 1.807) is 32.0 Å². The van der Waals surface area contributed by atoms with Gasteiger partial charge in [-0.2, -0.15) is 4.98 Å². The summed E-state index contributed by atoms with van der Waals surface area (Å²) in [5.74, 6) is 1.14. The molecule has 1 heterocycles. The van der Waals surface area contributed by atoms with Gasteiger partial charge in [-0.25, -0.2) is 4.79 Å². The second kappa shape index (κ2) is 6.25. The predicted molar refractivity (Wildman–Crippen MR) is 72.4 cm³/mol. The lowest BCUT2D eigenvalue weighted by molar-refractivity contribution is 0.0262. The van der Waals surface area contributed by atoms with Crippen LogP contribution >= 0.6 is 0 Å². The third kappa shape index (κ3) is 3.31. The number of esters is 1. The van der Waals surface area contributed by atoms with E-state index in [1.165, 1.54) is 14.2 Å². The fourth-order valence-electron chi connectivity index (χ4n) is 1.72. The van der Waals surface area contributed by atoms with Crippen molar-refractivity contribution in [2.45, 2.75) is 20.0 Å². The summed E-state index contributed by atoms with van der Waals surface area (Å²) in [7, 11) is 3.00. The molecule has 1 aromatic heterocycles. The molecule has 0 amide bonds. The van der Waals surface area contributed by atoms with Gasteiger partial charge in [0.1, 0.15) is 17.1 Å². The van der Waals surface area contributed by atoms with Crippen molar-refractivity contribution in [3.05, 3.63) is 35.5 Å². The zero-order valence-corrected chi connectivity index (χ0v) is 12.2. The summed E-state index contributed by atoms with van der Waals surface area (Å²) in [6.07, 6.45) is -0.648. The second-order valence-electron chi connectivity index (χ2n) is 4.29. The minimum atomic E-state index is -0.648. The number of methoxy groups -OCH3 is 2. The highest BCUT2D eigenvalue weighted by Crippen LogP contribution is 2.27. The maximum Gasteiger partial charge on any atom is 0.342 e. The number of hydrogen-bond acceptors (Lipinski definition) is 7. The molecule has 0 radical (unpaired) electrons. The first-order valence-electron chi connectivity index (χ1n) is 6.28. The molecule has 2 rings (SSSR count). The molecule has 0 aliphatic rings. The molecule has 0 saturated heterocycles. The number of carbonyl (C=O) groups is 1. The molecule has 1 aromatic carbocycles. The van der Waals surface area contributed by atoms with E-state index in [-0.39, 0.29) is 5.89 Å². The fourth-order valence-corrected chi connectivity index (χ4v) is 1.72. The van der Waals surface area contributed by atoms with Gasteiger partial charge in [0.2, 0.25) is 0 Å². The van der Waals surface area contributed by atoms with E-state index >= 15 is 0 Å². The number of aryl methyl sites for hydroxylation is 1. The third-order valence-corrected chi connectivity index (χ3v) is 2.80. The molecule has 112 valence electrons. The Balaban J connectivity index is 2.16. The van der Waals surface area contributed by atoms with Crippen molar-refractivity contribution in [2.24, 2.45) is 0 Å². The van der Waals surface area contributed by atoms with Crippen LogP contribution in [-0.4, -0.2) is 30.3 Å². The molecular weight excluding hydrogens is 276 g/mol. The van der Waals surface area contributed by atoms with E-state index in [2.05, 4.69) is 10.1 Å². The highest BCUT2D eigenvalue weighted by molar-refractivity contribution is 5.92. The van der Waals surface area contributed by atoms with Crippen LogP contribution in [0.3, 0.4) is 0 Å². The van der Waals surface area contributed by atoms with Crippen LogP contribution in [0.2, 0.25) is 0 Å². The predicted octanol–water partition coefficient (Wildman–Crippen LogP) is 2.31. The zero-order chi connectivity index (χ0) is 15.4. The quantitative estimate of drug-likeness (QED) is 0.782. The number of rotatable bonds is 5. The number of aromatic nitrogens is 2. The number of carbonyl (C=O) groups excluding carboxylic acids is 1. The molecule has 0 aliphatic carbocycles. The summed E-state index contributed by atoms with van der Waals surface area (Å²) in [6, 6.07) is 4.84. The maximum absolute atomic E-state index is 12.2. The van der Waals surface area contributed by atoms with Gasteiger partial charge in [-0.3, -0.25) is 0 Å². The van der Waals surface area contributed by atoms with Crippen LogP contribution < -0.4 is 9.47 Å². The van der Waals surface area contributed by atoms with Crippen molar-refractivity contribution < 1.29 is 23.5 Å². The Morgan fingerprint density at radius 3 is 2.62 bits per heavy atom. The lowest BCUT2D eigenvalue weighted by Crippen LogP contribution is -2.11. The first kappa shape index (κ1) is 14.8. The van der Waals surface area contributed by atoms with Gasteiger partial charge in [0.25, 0.3) is 5.89 Å². The summed E-state index contributed by atoms with van der Waals surface area (Å²) in [5, 5.41) is 3.66. The Bertz CT molecular complexity index is 638. The Morgan fingerprint density at radius 1 is 1.29 bits per heavy atom. The Morgan fingerprint density at radius 2 is 2.05 bits per heavy atom. The molecule has 0 N–H and O–H groups in total. The van der Waals surface area contributed by atoms with Crippen LogP contribution in [0.15, 0.2) is 22.7 Å². The van der Waals surface area contributed by atoms with Crippen LogP contribution in [0, 0.1) is 6.92 Å². The average Bonchev–Trinajstić information content (AvgIpc) is 2.93. The van der Waals surface area contributed by atoms with Crippen LogP contribution in [0.25, 0.3) is 0 Å². The number of benzene rings is 1. The zero-order valence-electron chi connectivity index (χ0n) is 12.2. The van der Waals surface area contributed by atoms with E-state index in [0.29, 0.717) is 22.9 Å². The summed E-state index contributed by atoms with van der Waals surface area (Å²) in [6.45, 7) is 3.34.